The zero-order valence-electron chi connectivity index (χ0n) is 11.4. The summed E-state index contributed by atoms with van der Waals surface area (Å²) in [4.78, 5) is 9.12. The Kier molecular flexibility index (Phi) is 7.50. The summed E-state index contributed by atoms with van der Waals surface area (Å²) in [5.41, 5.74) is 1.12. The summed E-state index contributed by atoms with van der Waals surface area (Å²) in [5.74, 6) is 1.72. The summed E-state index contributed by atoms with van der Waals surface area (Å²) in [6, 6.07) is 0. The van der Waals surface area contributed by atoms with Crippen molar-refractivity contribution < 1.29 is 4.74 Å². The second-order valence-corrected chi connectivity index (χ2v) is 5.16. The number of nitrogens with one attached hydrogen (secondary N) is 1. The number of hydrogen-bond donors (Lipinski definition) is 1. The fraction of sp³-hybridized carbons (Fsp3) is 0.692. The van der Waals surface area contributed by atoms with Crippen LogP contribution in [0.15, 0.2) is 0 Å². The van der Waals surface area contributed by atoms with Crippen LogP contribution in [-0.2, 0) is 17.8 Å². The first-order valence-electron chi connectivity index (χ1n) is 6.59. The molecule has 0 aliphatic rings. The van der Waals surface area contributed by atoms with Crippen LogP contribution in [0.25, 0.3) is 0 Å². The van der Waals surface area contributed by atoms with Crippen LogP contribution in [-0.4, -0.2) is 23.1 Å². The van der Waals surface area contributed by atoms with E-state index >= 15 is 0 Å². The molecule has 4 nitrogen and oxygen atoms in total. The standard InChI is InChI=1S/C13H22IN3O/c1-4-7-10-12(14)13(15-6-3)17-11(16-10)9-18-8-5-2/h4-9H2,1-3H3,(H,15,16,17). The number of halogens is 1. The van der Waals surface area contributed by atoms with Crippen molar-refractivity contribution in [3.63, 3.8) is 0 Å². The number of ether oxygens (including phenoxy) is 1. The lowest BCUT2D eigenvalue weighted by Gasteiger charge is -2.12. The Labute approximate surface area is 123 Å². The minimum absolute atomic E-state index is 0.500. The minimum Gasteiger partial charge on any atom is -0.373 e. The Hall–Kier alpha value is -0.430. The maximum absolute atomic E-state index is 5.52. The van der Waals surface area contributed by atoms with Gasteiger partial charge in [-0.15, -0.1) is 0 Å². The summed E-state index contributed by atoms with van der Waals surface area (Å²) in [6.07, 6.45) is 3.10. The Morgan fingerprint density at radius 3 is 2.56 bits per heavy atom. The molecule has 0 fully saturated rings. The van der Waals surface area contributed by atoms with E-state index in [-0.39, 0.29) is 0 Å². The van der Waals surface area contributed by atoms with E-state index in [9.17, 15) is 0 Å². The third-order valence-corrected chi connectivity index (χ3v) is 3.51. The van der Waals surface area contributed by atoms with Gasteiger partial charge in [-0.05, 0) is 42.4 Å². The largest absolute Gasteiger partial charge is 0.373 e. The Morgan fingerprint density at radius 2 is 1.94 bits per heavy atom. The van der Waals surface area contributed by atoms with Crippen LogP contribution in [0.1, 0.15) is 45.1 Å². The maximum atomic E-state index is 5.52. The van der Waals surface area contributed by atoms with Crippen LogP contribution in [0.5, 0.6) is 0 Å². The molecular weight excluding hydrogens is 341 g/mol. The lowest BCUT2D eigenvalue weighted by atomic mass is 10.2. The van der Waals surface area contributed by atoms with Gasteiger partial charge in [-0.25, -0.2) is 9.97 Å². The van der Waals surface area contributed by atoms with Gasteiger partial charge in [0, 0.05) is 13.2 Å². The molecule has 0 aromatic carbocycles. The lowest BCUT2D eigenvalue weighted by molar-refractivity contribution is 0.116. The molecule has 1 N–H and O–H groups in total. The van der Waals surface area contributed by atoms with Gasteiger partial charge in [0.2, 0.25) is 0 Å². The molecule has 0 aliphatic carbocycles. The molecule has 0 atom stereocenters. The van der Waals surface area contributed by atoms with Gasteiger partial charge in [-0.3, -0.25) is 0 Å². The summed E-state index contributed by atoms with van der Waals surface area (Å²) in [7, 11) is 0. The van der Waals surface area contributed by atoms with Gasteiger partial charge >= 0.3 is 0 Å². The van der Waals surface area contributed by atoms with Gasteiger partial charge in [0.1, 0.15) is 12.4 Å². The molecule has 0 unspecified atom stereocenters. The number of aryl methyl sites for hydroxylation is 1. The summed E-state index contributed by atoms with van der Waals surface area (Å²) in [6.45, 7) is 8.47. The molecule has 102 valence electrons. The van der Waals surface area contributed by atoms with Crippen LogP contribution < -0.4 is 5.32 Å². The van der Waals surface area contributed by atoms with Crippen LogP contribution in [0.3, 0.4) is 0 Å². The van der Waals surface area contributed by atoms with Crippen LogP contribution >= 0.6 is 22.6 Å². The van der Waals surface area contributed by atoms with Gasteiger partial charge in [0.25, 0.3) is 0 Å². The number of anilines is 1. The van der Waals surface area contributed by atoms with Gasteiger partial charge in [-0.2, -0.15) is 0 Å². The van der Waals surface area contributed by atoms with Crippen molar-refractivity contribution >= 4 is 28.4 Å². The van der Waals surface area contributed by atoms with Crippen molar-refractivity contribution in [2.75, 3.05) is 18.5 Å². The van der Waals surface area contributed by atoms with Crippen molar-refractivity contribution in [2.24, 2.45) is 0 Å². The topological polar surface area (TPSA) is 47.0 Å². The molecule has 0 spiro atoms. The zero-order chi connectivity index (χ0) is 13.4. The van der Waals surface area contributed by atoms with Gasteiger partial charge in [0.15, 0.2) is 5.82 Å². The first-order valence-corrected chi connectivity index (χ1v) is 7.67. The molecular formula is C13H22IN3O. The molecule has 0 saturated carbocycles. The molecule has 1 aromatic heterocycles. The van der Waals surface area contributed by atoms with Gasteiger partial charge in [0.05, 0.1) is 9.26 Å². The highest BCUT2D eigenvalue weighted by Crippen LogP contribution is 2.20. The molecule has 0 saturated heterocycles. The highest BCUT2D eigenvalue weighted by Gasteiger charge is 2.11. The molecule has 0 bridgehead atoms. The smallest absolute Gasteiger partial charge is 0.156 e. The van der Waals surface area contributed by atoms with Crippen molar-refractivity contribution in [1.82, 2.24) is 9.97 Å². The fourth-order valence-electron chi connectivity index (χ4n) is 1.60. The van der Waals surface area contributed by atoms with Crippen molar-refractivity contribution in [2.45, 2.75) is 46.6 Å². The second kappa shape index (κ2) is 8.63. The van der Waals surface area contributed by atoms with E-state index < -0.39 is 0 Å². The lowest BCUT2D eigenvalue weighted by Crippen LogP contribution is -2.11. The number of aromatic nitrogens is 2. The Bertz CT molecular complexity index is 344. The Balaban J connectivity index is 2.88. The van der Waals surface area contributed by atoms with E-state index in [4.69, 9.17) is 4.74 Å². The van der Waals surface area contributed by atoms with Crippen molar-refractivity contribution in [1.29, 1.82) is 0 Å². The molecule has 1 rings (SSSR count). The molecule has 0 radical (unpaired) electrons. The van der Waals surface area contributed by atoms with Crippen molar-refractivity contribution in [3.05, 3.63) is 15.1 Å². The van der Waals surface area contributed by atoms with Gasteiger partial charge < -0.3 is 10.1 Å². The van der Waals surface area contributed by atoms with E-state index in [1.165, 1.54) is 0 Å². The molecule has 18 heavy (non-hydrogen) atoms. The molecule has 1 aromatic rings. The molecule has 5 heteroatoms. The number of rotatable bonds is 8. The van der Waals surface area contributed by atoms with Gasteiger partial charge in [-0.1, -0.05) is 20.3 Å². The average molecular weight is 363 g/mol. The predicted molar refractivity (Wildman–Crippen MR) is 82.9 cm³/mol. The minimum atomic E-state index is 0.500. The number of hydrogen-bond acceptors (Lipinski definition) is 4. The van der Waals surface area contributed by atoms with Crippen LogP contribution in [0, 0.1) is 3.57 Å². The van der Waals surface area contributed by atoms with Crippen LogP contribution in [0.4, 0.5) is 5.82 Å². The maximum Gasteiger partial charge on any atom is 0.156 e. The van der Waals surface area contributed by atoms with E-state index in [1.54, 1.807) is 0 Å². The van der Waals surface area contributed by atoms with E-state index in [0.717, 1.165) is 53.3 Å². The van der Waals surface area contributed by atoms with Crippen molar-refractivity contribution in [3.8, 4) is 0 Å². The number of nitrogens with zero attached hydrogens (tertiary/aromatic N) is 2. The quantitative estimate of drug-likeness (QED) is 0.568. The highest BCUT2D eigenvalue weighted by atomic mass is 127. The summed E-state index contributed by atoms with van der Waals surface area (Å²) in [5, 5.41) is 3.29. The van der Waals surface area contributed by atoms with Crippen LogP contribution in [0.2, 0.25) is 0 Å². The normalized spacial score (nSPS) is 10.7. The SMILES string of the molecule is CCCOCc1nc(CCC)c(I)c(NCC)n1. The third-order valence-electron chi connectivity index (χ3n) is 2.38. The highest BCUT2D eigenvalue weighted by molar-refractivity contribution is 14.1. The summed E-state index contributed by atoms with van der Waals surface area (Å²) < 4.78 is 6.65. The first kappa shape index (κ1) is 15.6. The second-order valence-electron chi connectivity index (χ2n) is 4.08. The Morgan fingerprint density at radius 1 is 1.17 bits per heavy atom. The zero-order valence-corrected chi connectivity index (χ0v) is 13.6. The molecule has 1 heterocycles. The average Bonchev–Trinajstić information content (AvgIpc) is 2.35. The van der Waals surface area contributed by atoms with E-state index in [0.29, 0.717) is 6.61 Å². The monoisotopic (exact) mass is 363 g/mol. The predicted octanol–water partition coefficient (Wildman–Crippen LogP) is 3.39. The van der Waals surface area contributed by atoms with E-state index in [1.807, 2.05) is 0 Å². The third kappa shape index (κ3) is 4.68. The molecule has 0 amide bonds. The van der Waals surface area contributed by atoms with E-state index in [2.05, 4.69) is 58.6 Å². The first-order chi connectivity index (χ1) is 8.72. The fourth-order valence-corrected chi connectivity index (χ4v) is 2.31. The molecule has 0 aliphatic heterocycles. The summed E-state index contributed by atoms with van der Waals surface area (Å²) >= 11 is 2.32.